The van der Waals surface area contributed by atoms with E-state index in [2.05, 4.69) is 0 Å². The number of allylic oxidation sites excluding steroid dienone is 1. The van der Waals surface area contributed by atoms with Crippen LogP contribution in [0.5, 0.6) is 0 Å². The number of carbonyl (C=O) groups excluding carboxylic acids is 1. The Balaban J connectivity index is 0.00000208. The summed E-state index contributed by atoms with van der Waals surface area (Å²) >= 11 is 0. The first-order valence-corrected chi connectivity index (χ1v) is 7.61. The zero-order valence-electron chi connectivity index (χ0n) is 13.9. The molecule has 4 nitrogen and oxygen atoms in total. The van der Waals surface area contributed by atoms with Gasteiger partial charge in [0, 0.05) is 5.92 Å². The molecule has 5 heteroatoms. The van der Waals surface area contributed by atoms with Crippen LogP contribution in [0.15, 0.2) is 72.6 Å². The molecule has 118 valence electrons. The molecule has 1 aliphatic rings. The summed E-state index contributed by atoms with van der Waals surface area (Å²) in [5.74, 6) is -0.442. The monoisotopic (exact) mass is 315 g/mol. The molecule has 1 aliphatic heterocycles. The van der Waals surface area contributed by atoms with Crippen LogP contribution in [-0.2, 0) is 4.74 Å². The fourth-order valence-electron chi connectivity index (χ4n) is 3.03. The fourth-order valence-corrected chi connectivity index (χ4v) is 3.03. The van der Waals surface area contributed by atoms with E-state index in [0.29, 0.717) is 0 Å². The van der Waals surface area contributed by atoms with Gasteiger partial charge in [-0.1, -0.05) is 66.7 Å². The van der Waals surface area contributed by atoms with E-state index < -0.39 is 6.09 Å². The topological polar surface area (TPSA) is 52.6 Å². The zero-order chi connectivity index (χ0) is 16.2. The van der Waals surface area contributed by atoms with Gasteiger partial charge in [0.2, 0.25) is 0 Å². The van der Waals surface area contributed by atoms with Gasteiger partial charge in [-0.15, -0.1) is 0 Å². The van der Waals surface area contributed by atoms with Crippen molar-refractivity contribution in [3.63, 3.8) is 0 Å². The number of cyclic esters (lactones) is 1. The minimum absolute atomic E-state index is 0. The van der Waals surface area contributed by atoms with Crippen molar-refractivity contribution >= 4 is 6.09 Å². The second-order valence-electron chi connectivity index (χ2n) is 5.44. The molecule has 1 heterocycles. The number of hydrogen-bond acceptors (Lipinski definition) is 3. The van der Waals surface area contributed by atoms with E-state index in [0.717, 1.165) is 11.1 Å². The Morgan fingerprint density at radius 2 is 1.62 bits per heavy atom. The molecule has 1 fully saturated rings. The van der Waals surface area contributed by atoms with Crippen LogP contribution in [0.4, 0.5) is 4.79 Å². The number of rotatable bonds is 4. The van der Waals surface area contributed by atoms with E-state index >= 15 is 0 Å². The van der Waals surface area contributed by atoms with Crippen molar-refractivity contribution in [1.29, 1.82) is 0 Å². The standard InChI is InChI=1S/C19H19NO3.Li/c1-2-17(21)20-16(13-23-19(20)22)18(14-9-5-3-6-10-14)15-11-7-4-8-12-15;/h2-12,16,18,21H,13H2,1H3;/q;+1/p-1/b17-2-;/t16-;/m1./s1. The van der Waals surface area contributed by atoms with E-state index in [4.69, 9.17) is 4.74 Å². The largest absolute Gasteiger partial charge is 1.00 e. The third-order valence-corrected chi connectivity index (χ3v) is 4.09. The zero-order valence-corrected chi connectivity index (χ0v) is 13.9. The molecule has 1 amide bonds. The van der Waals surface area contributed by atoms with Gasteiger partial charge in [-0.3, -0.25) is 4.90 Å². The van der Waals surface area contributed by atoms with Crippen LogP contribution in [0, 0.1) is 0 Å². The molecular weight excluding hydrogens is 297 g/mol. The number of carbonyl (C=O) groups is 1. The number of hydrogen-bond donors (Lipinski definition) is 0. The van der Waals surface area contributed by atoms with E-state index in [-0.39, 0.29) is 43.3 Å². The van der Waals surface area contributed by atoms with Crippen LogP contribution in [0.2, 0.25) is 0 Å². The number of benzene rings is 2. The van der Waals surface area contributed by atoms with Crippen LogP contribution in [0.1, 0.15) is 24.0 Å². The van der Waals surface area contributed by atoms with Gasteiger partial charge in [0.1, 0.15) is 6.61 Å². The third kappa shape index (κ3) is 3.51. The molecule has 0 aliphatic carbocycles. The SMILES string of the molecule is C/C=C(\[O-])N1C(=O)OC[C@@H]1C(c1ccccc1)c1ccccc1.[Li+]. The van der Waals surface area contributed by atoms with Gasteiger partial charge >= 0.3 is 25.0 Å². The maximum Gasteiger partial charge on any atom is 1.00 e. The minimum Gasteiger partial charge on any atom is -0.860 e. The molecule has 2 aromatic rings. The molecule has 0 spiro atoms. The quantitative estimate of drug-likeness (QED) is 0.583. The van der Waals surface area contributed by atoms with Crippen molar-refractivity contribution in [2.45, 2.75) is 18.9 Å². The van der Waals surface area contributed by atoms with Crippen molar-refractivity contribution in [3.8, 4) is 0 Å². The smallest absolute Gasteiger partial charge is 0.860 e. The summed E-state index contributed by atoms with van der Waals surface area (Å²) in [6, 6.07) is 19.4. The van der Waals surface area contributed by atoms with Gasteiger partial charge in [0.05, 0.1) is 6.04 Å². The number of amides is 1. The molecule has 24 heavy (non-hydrogen) atoms. The van der Waals surface area contributed by atoms with Gasteiger partial charge in [0.25, 0.3) is 0 Å². The van der Waals surface area contributed by atoms with Crippen LogP contribution in [-0.4, -0.2) is 23.6 Å². The molecule has 1 saturated heterocycles. The summed E-state index contributed by atoms with van der Waals surface area (Å²) in [4.78, 5) is 13.2. The molecule has 2 aromatic carbocycles. The normalized spacial score (nSPS) is 17.6. The van der Waals surface area contributed by atoms with Gasteiger partial charge in [-0.05, 0) is 23.9 Å². The minimum atomic E-state index is -0.574. The maximum atomic E-state index is 12.2. The summed E-state index contributed by atoms with van der Waals surface area (Å²) in [5.41, 5.74) is 2.10. The Bertz CT molecular complexity index is 664. The van der Waals surface area contributed by atoms with Crippen molar-refractivity contribution in [2.75, 3.05) is 6.61 Å². The summed E-state index contributed by atoms with van der Waals surface area (Å²) in [6.45, 7) is 1.83. The van der Waals surface area contributed by atoms with Crippen LogP contribution in [0.3, 0.4) is 0 Å². The average molecular weight is 315 g/mol. The van der Waals surface area contributed by atoms with E-state index in [9.17, 15) is 9.90 Å². The van der Waals surface area contributed by atoms with Gasteiger partial charge in [0.15, 0.2) is 0 Å². The Labute approximate surface area is 153 Å². The molecule has 0 bridgehead atoms. The molecule has 0 radical (unpaired) electrons. The first-order chi connectivity index (χ1) is 11.2. The average Bonchev–Trinajstić information content (AvgIpc) is 2.98. The van der Waals surface area contributed by atoms with Gasteiger partial charge in [-0.2, -0.15) is 0 Å². The Hall–Kier alpha value is -2.15. The van der Waals surface area contributed by atoms with Crippen molar-refractivity contribution in [1.82, 2.24) is 4.90 Å². The first kappa shape index (κ1) is 18.2. The Morgan fingerprint density at radius 3 is 2.08 bits per heavy atom. The van der Waals surface area contributed by atoms with Gasteiger partial charge in [-0.25, -0.2) is 4.79 Å². The van der Waals surface area contributed by atoms with Gasteiger partial charge < -0.3 is 9.84 Å². The fraction of sp³-hybridized carbons (Fsp3) is 0.211. The Kier molecular flexibility index (Phi) is 6.14. The number of nitrogens with zero attached hydrogens (tertiary/aromatic N) is 1. The third-order valence-electron chi connectivity index (χ3n) is 4.09. The van der Waals surface area contributed by atoms with E-state index in [1.54, 1.807) is 6.92 Å². The summed E-state index contributed by atoms with van der Waals surface area (Å²) in [5, 5.41) is 12.2. The van der Waals surface area contributed by atoms with Crippen LogP contribution >= 0.6 is 0 Å². The molecule has 0 unspecified atom stereocenters. The first-order valence-electron chi connectivity index (χ1n) is 7.61. The molecule has 3 rings (SSSR count). The van der Waals surface area contributed by atoms with Crippen LogP contribution in [0.25, 0.3) is 0 Å². The second kappa shape index (κ2) is 8.10. The predicted molar refractivity (Wildman–Crippen MR) is 85.5 cm³/mol. The molecular formula is C19H18LiNO3. The molecule has 0 aromatic heterocycles. The summed E-state index contributed by atoms with van der Waals surface area (Å²) in [6.07, 6.45) is 0.821. The van der Waals surface area contributed by atoms with Crippen LogP contribution < -0.4 is 24.0 Å². The molecule has 1 atom stereocenters. The summed E-state index contributed by atoms with van der Waals surface area (Å²) in [7, 11) is 0. The second-order valence-corrected chi connectivity index (χ2v) is 5.44. The van der Waals surface area contributed by atoms with E-state index in [1.807, 2.05) is 60.7 Å². The number of ether oxygens (including phenoxy) is 1. The molecule has 0 N–H and O–H groups in total. The van der Waals surface area contributed by atoms with Crippen molar-refractivity contribution < 1.29 is 33.5 Å². The van der Waals surface area contributed by atoms with E-state index in [1.165, 1.54) is 11.0 Å². The molecule has 0 saturated carbocycles. The maximum absolute atomic E-state index is 12.2. The van der Waals surface area contributed by atoms with Crippen molar-refractivity contribution in [3.05, 3.63) is 83.7 Å². The predicted octanol–water partition coefficient (Wildman–Crippen LogP) is -0.135. The van der Waals surface area contributed by atoms with Crippen molar-refractivity contribution in [2.24, 2.45) is 0 Å². The Morgan fingerprint density at radius 1 is 1.12 bits per heavy atom. The summed E-state index contributed by atoms with van der Waals surface area (Å²) < 4.78 is 5.17.